The average molecular weight is 423 g/mol. The van der Waals surface area contributed by atoms with Crippen LogP contribution in [0, 0.1) is 0 Å². The minimum absolute atomic E-state index is 0.0821. The summed E-state index contributed by atoms with van der Waals surface area (Å²) < 4.78 is 5.30. The molecule has 1 aliphatic rings. The number of rotatable bonds is 6. The van der Waals surface area contributed by atoms with Crippen LogP contribution in [0.25, 0.3) is 0 Å². The van der Waals surface area contributed by atoms with Gasteiger partial charge in [-0.1, -0.05) is 46.6 Å². The van der Waals surface area contributed by atoms with E-state index in [0.717, 1.165) is 5.56 Å². The Balaban J connectivity index is 1.83. The fourth-order valence-corrected chi connectivity index (χ4v) is 3.00. The van der Waals surface area contributed by atoms with Crippen LogP contribution in [0.15, 0.2) is 47.6 Å². The molecule has 0 saturated carbocycles. The van der Waals surface area contributed by atoms with Gasteiger partial charge in [0.25, 0.3) is 5.91 Å². The van der Waals surface area contributed by atoms with Crippen molar-refractivity contribution >= 4 is 46.5 Å². The molecule has 7 nitrogen and oxygen atoms in total. The number of hydrogen-bond donors (Lipinski definition) is 2. The van der Waals surface area contributed by atoms with Crippen LogP contribution in [0.1, 0.15) is 34.0 Å². The number of carbonyl (C=O) groups excluding carboxylic acids is 1. The van der Waals surface area contributed by atoms with Crippen molar-refractivity contribution in [1.82, 2.24) is 0 Å². The van der Waals surface area contributed by atoms with Crippen molar-refractivity contribution in [3.05, 3.63) is 59.2 Å². The Labute approximate surface area is 170 Å². The lowest BCUT2D eigenvalue weighted by Crippen LogP contribution is -2.18. The summed E-state index contributed by atoms with van der Waals surface area (Å²) >= 11 is 11.1. The van der Waals surface area contributed by atoms with Gasteiger partial charge in [-0.25, -0.2) is 4.79 Å². The molecule has 0 spiro atoms. The van der Waals surface area contributed by atoms with E-state index in [1.807, 2.05) is 6.07 Å². The van der Waals surface area contributed by atoms with Crippen LogP contribution in [0.2, 0.25) is 0 Å². The van der Waals surface area contributed by atoms with Gasteiger partial charge in [-0.2, -0.15) is 0 Å². The zero-order valence-corrected chi connectivity index (χ0v) is 16.2. The molecule has 0 bridgehead atoms. The van der Waals surface area contributed by atoms with E-state index in [2.05, 4.69) is 10.5 Å². The summed E-state index contributed by atoms with van der Waals surface area (Å²) in [5.74, 6) is -1.22. The molecule has 1 amide bonds. The van der Waals surface area contributed by atoms with Crippen molar-refractivity contribution < 1.29 is 24.3 Å². The summed E-state index contributed by atoms with van der Waals surface area (Å²) in [5, 5.41) is 16.2. The van der Waals surface area contributed by atoms with Crippen molar-refractivity contribution in [3.8, 4) is 5.75 Å². The Morgan fingerprint density at radius 3 is 2.71 bits per heavy atom. The highest BCUT2D eigenvalue weighted by Gasteiger charge is 2.29. The molecule has 1 aliphatic heterocycles. The maximum Gasteiger partial charge on any atom is 0.336 e. The monoisotopic (exact) mass is 422 g/mol. The van der Waals surface area contributed by atoms with Crippen molar-refractivity contribution in [1.29, 1.82) is 0 Å². The number of carbonyl (C=O) groups is 2. The predicted octanol–water partition coefficient (Wildman–Crippen LogP) is 4.00. The summed E-state index contributed by atoms with van der Waals surface area (Å²) in [6.07, 6.45) is -0.104. The van der Waals surface area contributed by atoms with Crippen molar-refractivity contribution in [2.75, 3.05) is 12.4 Å². The Hall–Kier alpha value is -2.77. The standard InChI is InChI=1S/C19H16Cl2N2O5/c1-27-14-7-3-6-12(19(25)26)16(14)13-9-15(28-23-13)10-4-2-5-11(8-10)22-18(24)17(20)21/h2-8,15,17H,9H2,1H3,(H,22,24)(H,25,26). The number of amides is 1. The van der Waals surface area contributed by atoms with Gasteiger partial charge in [0.15, 0.2) is 10.9 Å². The number of carboxylic acid groups (broad SMARTS) is 1. The lowest BCUT2D eigenvalue weighted by molar-refractivity contribution is -0.114. The van der Waals surface area contributed by atoms with Gasteiger partial charge < -0.3 is 20.0 Å². The lowest BCUT2D eigenvalue weighted by Gasteiger charge is -2.12. The van der Waals surface area contributed by atoms with Crippen molar-refractivity contribution in [2.45, 2.75) is 17.4 Å². The number of aromatic carboxylic acids is 1. The largest absolute Gasteiger partial charge is 0.496 e. The van der Waals surface area contributed by atoms with E-state index >= 15 is 0 Å². The number of ether oxygens (including phenoxy) is 1. The van der Waals surface area contributed by atoms with Gasteiger partial charge in [-0.3, -0.25) is 4.79 Å². The van der Waals surface area contributed by atoms with Crippen molar-refractivity contribution in [2.24, 2.45) is 5.16 Å². The Bertz CT molecular complexity index is 946. The number of benzene rings is 2. The third-order valence-corrected chi connectivity index (χ3v) is 4.55. The summed E-state index contributed by atoms with van der Waals surface area (Å²) in [6, 6.07) is 11.7. The third kappa shape index (κ3) is 4.21. The molecule has 28 heavy (non-hydrogen) atoms. The fraction of sp³-hybridized carbons (Fsp3) is 0.211. The van der Waals surface area contributed by atoms with Crippen LogP contribution in [0.4, 0.5) is 5.69 Å². The molecule has 2 aromatic rings. The molecular weight excluding hydrogens is 407 g/mol. The summed E-state index contributed by atoms with van der Waals surface area (Å²) in [6.45, 7) is 0. The summed E-state index contributed by atoms with van der Waals surface area (Å²) in [5.41, 5.74) is 2.20. The fourth-order valence-electron chi connectivity index (χ4n) is 2.89. The van der Waals surface area contributed by atoms with E-state index in [-0.39, 0.29) is 5.56 Å². The first-order valence-corrected chi connectivity index (χ1v) is 9.10. The van der Waals surface area contributed by atoms with Gasteiger partial charge in [0.1, 0.15) is 5.75 Å². The topological polar surface area (TPSA) is 97.2 Å². The average Bonchev–Trinajstić information content (AvgIpc) is 3.17. The van der Waals surface area contributed by atoms with Gasteiger partial charge in [0.05, 0.1) is 23.9 Å². The Kier molecular flexibility index (Phi) is 6.06. The number of carboxylic acids is 1. The maximum atomic E-state index is 11.7. The van der Waals surface area contributed by atoms with Crippen LogP contribution in [-0.4, -0.2) is 34.6 Å². The number of anilines is 1. The van der Waals surface area contributed by atoms with Gasteiger partial charge in [0, 0.05) is 12.1 Å². The van der Waals surface area contributed by atoms with Crippen LogP contribution in [0.5, 0.6) is 5.75 Å². The van der Waals surface area contributed by atoms with Gasteiger partial charge >= 0.3 is 5.97 Å². The summed E-state index contributed by atoms with van der Waals surface area (Å²) in [7, 11) is 1.46. The first-order chi connectivity index (χ1) is 13.4. The highest BCUT2D eigenvalue weighted by Crippen LogP contribution is 2.34. The molecule has 0 radical (unpaired) electrons. The molecule has 0 fully saturated rings. The molecule has 2 aromatic carbocycles. The number of nitrogens with one attached hydrogen (secondary N) is 1. The molecule has 1 unspecified atom stereocenters. The molecule has 1 heterocycles. The van der Waals surface area contributed by atoms with E-state index < -0.39 is 22.8 Å². The first kappa shape index (κ1) is 20.0. The number of methoxy groups -OCH3 is 1. The lowest BCUT2D eigenvalue weighted by atomic mass is 9.96. The second kappa shape index (κ2) is 8.50. The highest BCUT2D eigenvalue weighted by atomic mass is 35.5. The SMILES string of the molecule is COc1cccc(C(=O)O)c1C1=NOC(c2cccc(NC(=O)C(Cl)Cl)c2)C1. The van der Waals surface area contributed by atoms with Gasteiger partial charge in [-0.15, -0.1) is 0 Å². The quantitative estimate of drug-likeness (QED) is 0.685. The third-order valence-electron chi connectivity index (χ3n) is 4.16. The number of nitrogens with zero attached hydrogens (tertiary/aromatic N) is 1. The normalized spacial score (nSPS) is 15.7. The summed E-state index contributed by atoms with van der Waals surface area (Å²) in [4.78, 5) is 27.6. The molecule has 9 heteroatoms. The molecule has 0 aromatic heterocycles. The van der Waals surface area contributed by atoms with Crippen LogP contribution in [0.3, 0.4) is 0 Å². The predicted molar refractivity (Wildman–Crippen MR) is 105 cm³/mol. The molecule has 3 rings (SSSR count). The first-order valence-electron chi connectivity index (χ1n) is 8.23. The van der Waals surface area contributed by atoms with E-state index in [0.29, 0.717) is 29.1 Å². The number of alkyl halides is 2. The second-order valence-electron chi connectivity index (χ2n) is 5.94. The second-order valence-corrected chi connectivity index (χ2v) is 7.04. The molecule has 0 aliphatic carbocycles. The number of halogens is 2. The Morgan fingerprint density at radius 1 is 1.29 bits per heavy atom. The van der Waals surface area contributed by atoms with E-state index in [1.54, 1.807) is 30.3 Å². The zero-order chi connectivity index (χ0) is 20.3. The van der Waals surface area contributed by atoms with Gasteiger partial charge in [0.2, 0.25) is 0 Å². The minimum Gasteiger partial charge on any atom is -0.496 e. The smallest absolute Gasteiger partial charge is 0.336 e. The zero-order valence-electron chi connectivity index (χ0n) is 14.7. The minimum atomic E-state index is -1.18. The molecule has 1 atom stereocenters. The maximum absolute atomic E-state index is 11.7. The molecule has 2 N–H and O–H groups in total. The molecule has 146 valence electrons. The van der Waals surface area contributed by atoms with Gasteiger partial charge in [-0.05, 0) is 29.8 Å². The van der Waals surface area contributed by atoms with E-state index in [1.165, 1.54) is 13.2 Å². The van der Waals surface area contributed by atoms with Crippen LogP contribution in [-0.2, 0) is 9.63 Å². The molecular formula is C19H16Cl2N2O5. The number of oxime groups is 1. The van der Waals surface area contributed by atoms with Crippen LogP contribution >= 0.6 is 23.2 Å². The molecule has 0 saturated heterocycles. The van der Waals surface area contributed by atoms with E-state index in [9.17, 15) is 14.7 Å². The van der Waals surface area contributed by atoms with Crippen LogP contribution < -0.4 is 10.1 Å². The number of hydrogen-bond acceptors (Lipinski definition) is 5. The Morgan fingerprint density at radius 2 is 2.04 bits per heavy atom. The van der Waals surface area contributed by atoms with E-state index in [4.69, 9.17) is 32.8 Å². The van der Waals surface area contributed by atoms with Crippen molar-refractivity contribution in [3.63, 3.8) is 0 Å². The highest BCUT2D eigenvalue weighted by molar-refractivity contribution is 6.54.